The van der Waals surface area contributed by atoms with Crippen LogP contribution in [0.3, 0.4) is 0 Å². The van der Waals surface area contributed by atoms with Gasteiger partial charge < -0.3 is 0 Å². The number of carbonyl (C=O) groups excluding carboxylic acids is 4. The number of nitrogens with one attached hydrogen (secondary N) is 4. The summed E-state index contributed by atoms with van der Waals surface area (Å²) in [5, 5.41) is 0. The van der Waals surface area contributed by atoms with Crippen molar-refractivity contribution in [3.05, 3.63) is 69.5 Å². The van der Waals surface area contributed by atoms with Gasteiger partial charge in [0.2, 0.25) is 11.8 Å². The summed E-state index contributed by atoms with van der Waals surface area (Å²) in [5.74, 6) is -2.28. The van der Waals surface area contributed by atoms with Gasteiger partial charge in [-0.1, -0.05) is 83.4 Å². The molecule has 0 saturated carbocycles. The van der Waals surface area contributed by atoms with Crippen molar-refractivity contribution in [2.24, 2.45) is 0 Å². The topological polar surface area (TPSA) is 191 Å². The maximum absolute atomic E-state index is 13.2. The molecule has 0 radical (unpaired) electrons. The highest BCUT2D eigenvalue weighted by molar-refractivity contribution is 8.29. The maximum Gasteiger partial charge on any atom is 0.267 e. The van der Waals surface area contributed by atoms with Crippen LogP contribution in [-0.4, -0.2) is 72.0 Å². The van der Waals surface area contributed by atoms with Crippen LogP contribution >= 0.6 is 48.0 Å². The monoisotopic (exact) mass is 770 g/mol. The van der Waals surface area contributed by atoms with Gasteiger partial charge in [0.25, 0.3) is 31.9 Å². The van der Waals surface area contributed by atoms with E-state index >= 15 is 0 Å². The number of nitrogens with zero attached hydrogens (tertiary/aromatic N) is 2. The summed E-state index contributed by atoms with van der Waals surface area (Å²) in [6.07, 6.45) is 0.0713. The molecule has 0 unspecified atom stereocenters. The number of amides is 4. The summed E-state index contributed by atoms with van der Waals surface area (Å²) in [7, 11) is -7.92. The highest BCUT2D eigenvalue weighted by Gasteiger charge is 2.41. The van der Waals surface area contributed by atoms with Gasteiger partial charge >= 0.3 is 0 Å². The molecule has 2 aromatic rings. The van der Waals surface area contributed by atoms with Crippen molar-refractivity contribution in [1.82, 2.24) is 30.3 Å². The molecular weight excluding hydrogens is 741 g/mol. The van der Waals surface area contributed by atoms with E-state index in [0.717, 1.165) is 34.7 Å². The van der Waals surface area contributed by atoms with Crippen LogP contribution in [0.2, 0.25) is 0 Å². The maximum atomic E-state index is 13.2. The molecule has 48 heavy (non-hydrogen) atoms. The van der Waals surface area contributed by atoms with Crippen molar-refractivity contribution in [2.75, 3.05) is 13.1 Å². The highest BCUT2D eigenvalue weighted by Crippen LogP contribution is 2.42. The van der Waals surface area contributed by atoms with Crippen molar-refractivity contribution in [3.63, 3.8) is 0 Å². The van der Waals surface area contributed by atoms with Crippen molar-refractivity contribution in [1.29, 1.82) is 0 Å². The number of aryl methyl sites for hydroxylation is 2. The van der Waals surface area contributed by atoms with Gasteiger partial charge in [-0.3, -0.25) is 39.8 Å². The van der Waals surface area contributed by atoms with Crippen molar-refractivity contribution in [3.8, 4) is 0 Å². The third-order valence-electron chi connectivity index (χ3n) is 6.79. The number of sulfonamides is 2. The summed E-state index contributed by atoms with van der Waals surface area (Å²) in [4.78, 5) is 57.7. The molecule has 0 spiro atoms. The lowest BCUT2D eigenvalue weighted by Crippen LogP contribution is -2.41. The Labute approximate surface area is 296 Å². The molecular formula is C28H30N6O8S6. The van der Waals surface area contributed by atoms with E-state index in [9.17, 15) is 36.0 Å². The molecule has 0 bridgehead atoms. The Kier molecular flexibility index (Phi) is 12.5. The number of rotatable bonds is 14. The molecule has 2 aromatic carbocycles. The van der Waals surface area contributed by atoms with E-state index in [1.165, 1.54) is 34.1 Å². The first-order chi connectivity index (χ1) is 22.6. The smallest absolute Gasteiger partial charge is 0.267 e. The minimum Gasteiger partial charge on any atom is -0.293 e. The van der Waals surface area contributed by atoms with Gasteiger partial charge in [-0.25, -0.2) is 16.8 Å². The number of hydrogen-bond donors (Lipinski definition) is 4. The second-order valence-corrected chi connectivity index (χ2v) is 17.1. The normalized spacial score (nSPS) is 17.0. The molecule has 256 valence electrons. The van der Waals surface area contributed by atoms with Crippen LogP contribution in [0, 0.1) is 13.8 Å². The van der Waals surface area contributed by atoms with Crippen LogP contribution < -0.4 is 20.5 Å². The Balaban J connectivity index is 1.23. The van der Waals surface area contributed by atoms with Gasteiger partial charge in [-0.2, -0.15) is 0 Å². The molecule has 2 aliphatic rings. The molecule has 4 N–H and O–H groups in total. The van der Waals surface area contributed by atoms with Crippen LogP contribution in [0.5, 0.6) is 0 Å². The molecule has 14 nitrogen and oxygen atoms in total. The standard InChI is InChI=1S/C28H30N6O8S6/c1-17-7-11-19(12-8-17)47(39,40)31-29-21(35)5-3-15-33-25(37)23(45-27(33)43)24-26(38)34(28(44)46-24)16-4-6-22(36)30-32-48(41,42)20-13-9-18(2)10-14-20/h7-14,31-32H,3-6,15-16H2,1-2H3,(H,29,35)(H,30,36). The fourth-order valence-electron chi connectivity index (χ4n) is 4.18. The third-order valence-corrected chi connectivity index (χ3v) is 12.3. The lowest BCUT2D eigenvalue weighted by Gasteiger charge is -2.15. The van der Waals surface area contributed by atoms with E-state index in [4.69, 9.17) is 24.4 Å². The highest BCUT2D eigenvalue weighted by atomic mass is 32.2. The first-order valence-corrected chi connectivity index (χ1v) is 19.6. The summed E-state index contributed by atoms with van der Waals surface area (Å²) < 4.78 is 49.8. The zero-order chi connectivity index (χ0) is 35.2. The molecule has 0 aromatic heterocycles. The molecule has 2 saturated heterocycles. The number of hydrazine groups is 2. The minimum atomic E-state index is -3.96. The Morgan fingerprint density at radius 2 is 0.979 bits per heavy atom. The summed E-state index contributed by atoms with van der Waals surface area (Å²) in [6, 6.07) is 12.2. The lowest BCUT2D eigenvalue weighted by molar-refractivity contribution is -0.125. The van der Waals surface area contributed by atoms with Gasteiger partial charge in [0, 0.05) is 25.9 Å². The number of thiocarbonyl (C=S) groups is 2. The van der Waals surface area contributed by atoms with Crippen molar-refractivity contribution < 1.29 is 36.0 Å². The van der Waals surface area contributed by atoms with Gasteiger partial charge in [0.05, 0.1) is 19.6 Å². The van der Waals surface area contributed by atoms with Gasteiger partial charge in [-0.15, -0.1) is 9.66 Å². The van der Waals surface area contributed by atoms with Crippen LogP contribution in [0.4, 0.5) is 0 Å². The van der Waals surface area contributed by atoms with E-state index in [1.807, 2.05) is 23.5 Å². The molecule has 2 fully saturated rings. The Bertz CT molecular complexity index is 1760. The first kappa shape index (κ1) is 37.6. The van der Waals surface area contributed by atoms with Crippen LogP contribution in [0.1, 0.15) is 36.8 Å². The number of benzene rings is 2. The number of hydrogen-bond acceptors (Lipinski definition) is 12. The number of thioether (sulfide) groups is 2. The van der Waals surface area contributed by atoms with E-state index in [0.29, 0.717) is 0 Å². The fourth-order valence-corrected chi connectivity index (χ4v) is 8.67. The Morgan fingerprint density at radius 3 is 1.31 bits per heavy atom. The van der Waals surface area contributed by atoms with Crippen LogP contribution in [0.25, 0.3) is 0 Å². The molecule has 0 atom stereocenters. The van der Waals surface area contributed by atoms with Gasteiger partial charge in [0.15, 0.2) is 0 Å². The largest absolute Gasteiger partial charge is 0.293 e. The van der Waals surface area contributed by atoms with E-state index in [-0.39, 0.29) is 67.0 Å². The molecule has 4 amide bonds. The zero-order valence-corrected chi connectivity index (χ0v) is 30.4. The van der Waals surface area contributed by atoms with E-state index in [1.54, 1.807) is 24.3 Å². The molecule has 0 aliphatic carbocycles. The third kappa shape index (κ3) is 9.47. The van der Waals surface area contributed by atoms with Gasteiger partial charge in [-0.05, 0) is 51.0 Å². The lowest BCUT2D eigenvalue weighted by atomic mass is 10.2. The molecule has 2 heterocycles. The van der Waals surface area contributed by atoms with Gasteiger partial charge in [0.1, 0.15) is 8.64 Å². The first-order valence-electron chi connectivity index (χ1n) is 14.2. The Hall–Kier alpha value is -3.24. The van der Waals surface area contributed by atoms with Crippen LogP contribution in [-0.2, 0) is 39.2 Å². The number of carbonyl (C=O) groups is 4. The predicted octanol–water partition coefficient (Wildman–Crippen LogP) is 2.12. The summed E-state index contributed by atoms with van der Waals surface area (Å²) >= 11 is 12.5. The average molecular weight is 771 g/mol. The molecule has 20 heteroatoms. The summed E-state index contributed by atoms with van der Waals surface area (Å²) in [6.45, 7) is 3.73. The Morgan fingerprint density at radius 1 is 0.646 bits per heavy atom. The SMILES string of the molecule is Cc1ccc(S(=O)(=O)NNC(=O)CCCN2C(=O)C(=C3SC(=S)N(CCCC(=O)NNS(=O)(=O)c4ccc(C)cc4)C3=O)SC2=S)cc1. The molecule has 4 rings (SSSR count). The quantitative estimate of drug-likeness (QED) is 0.125. The second kappa shape index (κ2) is 16.0. The predicted molar refractivity (Wildman–Crippen MR) is 189 cm³/mol. The van der Waals surface area contributed by atoms with Crippen LogP contribution in [0.15, 0.2) is 68.1 Å². The van der Waals surface area contributed by atoms with E-state index < -0.39 is 43.7 Å². The van der Waals surface area contributed by atoms with Crippen molar-refractivity contribution >= 4 is 100 Å². The van der Waals surface area contributed by atoms with E-state index in [2.05, 4.69) is 10.9 Å². The minimum absolute atomic E-state index is 0.0126. The molecule has 2 aliphatic heterocycles. The zero-order valence-electron chi connectivity index (χ0n) is 25.5. The fraction of sp³-hybridized carbons (Fsp3) is 0.286. The average Bonchev–Trinajstić information content (AvgIpc) is 3.48. The second-order valence-electron chi connectivity index (χ2n) is 10.4. The van der Waals surface area contributed by atoms with Crippen molar-refractivity contribution in [2.45, 2.75) is 49.3 Å². The summed E-state index contributed by atoms with van der Waals surface area (Å²) in [5.41, 5.74) is 6.05.